The molecule has 1 saturated carbocycles. The zero-order valence-electron chi connectivity index (χ0n) is 8.75. The summed E-state index contributed by atoms with van der Waals surface area (Å²) in [4.78, 5) is 16.4. The summed E-state index contributed by atoms with van der Waals surface area (Å²) in [6.45, 7) is 0.917. The second kappa shape index (κ2) is 6.79. The lowest BCUT2D eigenvalue weighted by atomic mass is 9.89. The molecule has 0 bridgehead atoms. The SMILES string of the molecule is COCCONC(=O)C1CCCCC1. The van der Waals surface area contributed by atoms with Crippen LogP contribution in [0.3, 0.4) is 0 Å². The molecule has 1 N–H and O–H groups in total. The van der Waals surface area contributed by atoms with Crippen LogP contribution in [0.5, 0.6) is 0 Å². The van der Waals surface area contributed by atoms with Gasteiger partial charge in [0.1, 0.15) is 0 Å². The fraction of sp³-hybridized carbons (Fsp3) is 0.900. The van der Waals surface area contributed by atoms with Gasteiger partial charge in [0.25, 0.3) is 0 Å². The molecule has 0 aromatic rings. The lowest BCUT2D eigenvalue weighted by Gasteiger charge is -2.20. The van der Waals surface area contributed by atoms with Crippen LogP contribution < -0.4 is 5.48 Å². The predicted molar refractivity (Wildman–Crippen MR) is 52.5 cm³/mol. The molecule has 0 spiro atoms. The first-order chi connectivity index (χ1) is 6.84. The Labute approximate surface area is 84.9 Å². The van der Waals surface area contributed by atoms with Gasteiger partial charge in [-0.3, -0.25) is 9.63 Å². The third-order valence-electron chi connectivity index (χ3n) is 2.54. The van der Waals surface area contributed by atoms with Gasteiger partial charge in [-0.05, 0) is 12.8 Å². The highest BCUT2D eigenvalue weighted by Crippen LogP contribution is 2.23. The highest BCUT2D eigenvalue weighted by atomic mass is 16.7. The first kappa shape index (κ1) is 11.5. The number of ether oxygens (including phenoxy) is 1. The monoisotopic (exact) mass is 201 g/mol. The van der Waals surface area contributed by atoms with E-state index >= 15 is 0 Å². The van der Waals surface area contributed by atoms with Crippen LogP contribution in [0.1, 0.15) is 32.1 Å². The maximum atomic E-state index is 11.5. The zero-order valence-corrected chi connectivity index (χ0v) is 8.75. The molecule has 0 radical (unpaired) electrons. The number of carbonyl (C=O) groups is 1. The molecular formula is C10H19NO3. The minimum absolute atomic E-state index is 0.0285. The minimum atomic E-state index is 0.0285. The molecule has 0 saturated heterocycles. The number of hydrogen-bond donors (Lipinski definition) is 1. The Morgan fingerprint density at radius 2 is 2.00 bits per heavy atom. The van der Waals surface area contributed by atoms with Gasteiger partial charge in [-0.25, -0.2) is 5.48 Å². The third kappa shape index (κ3) is 4.07. The maximum Gasteiger partial charge on any atom is 0.246 e. The van der Waals surface area contributed by atoms with Crippen LogP contribution in [-0.4, -0.2) is 26.2 Å². The van der Waals surface area contributed by atoms with Gasteiger partial charge in [0.2, 0.25) is 5.91 Å². The molecule has 14 heavy (non-hydrogen) atoms. The van der Waals surface area contributed by atoms with Crippen molar-refractivity contribution in [3.05, 3.63) is 0 Å². The van der Waals surface area contributed by atoms with Crippen LogP contribution in [0, 0.1) is 5.92 Å². The van der Waals surface area contributed by atoms with E-state index in [-0.39, 0.29) is 11.8 Å². The number of amides is 1. The molecule has 0 unspecified atom stereocenters. The summed E-state index contributed by atoms with van der Waals surface area (Å²) in [5, 5.41) is 0. The van der Waals surface area contributed by atoms with Gasteiger partial charge in [0.15, 0.2) is 0 Å². The molecule has 0 atom stereocenters. The number of rotatable bonds is 5. The highest BCUT2D eigenvalue weighted by Gasteiger charge is 2.20. The normalized spacial score (nSPS) is 18.1. The predicted octanol–water partition coefficient (Wildman–Crippen LogP) is 1.26. The van der Waals surface area contributed by atoms with Crippen molar-refractivity contribution < 1.29 is 14.4 Å². The largest absolute Gasteiger partial charge is 0.382 e. The van der Waals surface area contributed by atoms with Gasteiger partial charge in [-0.1, -0.05) is 19.3 Å². The molecule has 4 heteroatoms. The van der Waals surface area contributed by atoms with Crippen molar-refractivity contribution in [1.82, 2.24) is 5.48 Å². The quantitative estimate of drug-likeness (QED) is 0.538. The number of hydroxylamine groups is 1. The Morgan fingerprint density at radius 3 is 2.64 bits per heavy atom. The summed E-state index contributed by atoms with van der Waals surface area (Å²) in [5.41, 5.74) is 2.47. The van der Waals surface area contributed by atoms with E-state index in [4.69, 9.17) is 9.57 Å². The second-order valence-corrected chi connectivity index (χ2v) is 3.64. The molecule has 0 heterocycles. The molecule has 1 amide bonds. The Hall–Kier alpha value is -0.610. The van der Waals surface area contributed by atoms with Crippen LogP contribution in [-0.2, 0) is 14.4 Å². The number of methoxy groups -OCH3 is 1. The van der Waals surface area contributed by atoms with Crippen molar-refractivity contribution >= 4 is 5.91 Å². The van der Waals surface area contributed by atoms with E-state index in [1.54, 1.807) is 7.11 Å². The van der Waals surface area contributed by atoms with Crippen LogP contribution in [0.2, 0.25) is 0 Å². The van der Waals surface area contributed by atoms with Crippen molar-refractivity contribution in [2.45, 2.75) is 32.1 Å². The Bertz CT molecular complexity index is 167. The molecule has 1 rings (SSSR count). The van der Waals surface area contributed by atoms with E-state index in [1.807, 2.05) is 0 Å². The number of hydrogen-bond acceptors (Lipinski definition) is 3. The summed E-state index contributed by atoms with van der Waals surface area (Å²) in [6.07, 6.45) is 5.58. The lowest BCUT2D eigenvalue weighted by Crippen LogP contribution is -2.32. The van der Waals surface area contributed by atoms with Gasteiger partial charge in [0, 0.05) is 13.0 Å². The smallest absolute Gasteiger partial charge is 0.246 e. The van der Waals surface area contributed by atoms with E-state index < -0.39 is 0 Å². The maximum absolute atomic E-state index is 11.5. The first-order valence-corrected chi connectivity index (χ1v) is 5.25. The van der Waals surface area contributed by atoms with Gasteiger partial charge in [-0.15, -0.1) is 0 Å². The Balaban J connectivity index is 2.07. The van der Waals surface area contributed by atoms with Crippen LogP contribution >= 0.6 is 0 Å². The van der Waals surface area contributed by atoms with Crippen molar-refractivity contribution in [1.29, 1.82) is 0 Å². The molecule has 0 aliphatic heterocycles. The fourth-order valence-electron chi connectivity index (χ4n) is 1.70. The second-order valence-electron chi connectivity index (χ2n) is 3.64. The minimum Gasteiger partial charge on any atom is -0.382 e. The standard InChI is InChI=1S/C10H19NO3/c1-13-7-8-14-11-10(12)9-5-3-2-4-6-9/h9H,2-8H2,1H3,(H,11,12). The first-order valence-electron chi connectivity index (χ1n) is 5.25. The van der Waals surface area contributed by atoms with Crippen LogP contribution in [0.15, 0.2) is 0 Å². The van der Waals surface area contributed by atoms with Crippen molar-refractivity contribution in [2.24, 2.45) is 5.92 Å². The van der Waals surface area contributed by atoms with E-state index in [0.717, 1.165) is 25.7 Å². The van der Waals surface area contributed by atoms with Crippen molar-refractivity contribution in [3.8, 4) is 0 Å². The van der Waals surface area contributed by atoms with E-state index in [2.05, 4.69) is 5.48 Å². The third-order valence-corrected chi connectivity index (χ3v) is 2.54. The topological polar surface area (TPSA) is 47.6 Å². The summed E-state index contributed by atoms with van der Waals surface area (Å²) < 4.78 is 4.79. The van der Waals surface area contributed by atoms with Crippen LogP contribution in [0.4, 0.5) is 0 Å². The summed E-state index contributed by atoms with van der Waals surface area (Å²) >= 11 is 0. The zero-order chi connectivity index (χ0) is 10.2. The molecule has 0 aromatic heterocycles. The molecule has 4 nitrogen and oxygen atoms in total. The molecule has 82 valence electrons. The van der Waals surface area contributed by atoms with Crippen molar-refractivity contribution in [2.75, 3.05) is 20.3 Å². The van der Waals surface area contributed by atoms with Gasteiger partial charge < -0.3 is 4.74 Å². The molecule has 1 aliphatic carbocycles. The van der Waals surface area contributed by atoms with E-state index in [1.165, 1.54) is 6.42 Å². The lowest BCUT2D eigenvalue weighted by molar-refractivity contribution is -0.139. The van der Waals surface area contributed by atoms with E-state index in [0.29, 0.717) is 13.2 Å². The Morgan fingerprint density at radius 1 is 1.29 bits per heavy atom. The van der Waals surface area contributed by atoms with Crippen molar-refractivity contribution in [3.63, 3.8) is 0 Å². The number of carbonyl (C=O) groups excluding carboxylic acids is 1. The summed E-state index contributed by atoms with van der Waals surface area (Å²) in [6, 6.07) is 0. The average Bonchev–Trinajstić information content (AvgIpc) is 2.25. The fourth-order valence-corrected chi connectivity index (χ4v) is 1.70. The van der Waals surface area contributed by atoms with E-state index in [9.17, 15) is 4.79 Å². The van der Waals surface area contributed by atoms with Gasteiger partial charge in [-0.2, -0.15) is 0 Å². The average molecular weight is 201 g/mol. The van der Waals surface area contributed by atoms with Gasteiger partial charge in [0.05, 0.1) is 13.2 Å². The number of nitrogens with one attached hydrogen (secondary N) is 1. The van der Waals surface area contributed by atoms with Crippen LogP contribution in [0.25, 0.3) is 0 Å². The summed E-state index contributed by atoms with van der Waals surface area (Å²) in [7, 11) is 1.60. The summed E-state index contributed by atoms with van der Waals surface area (Å²) in [5.74, 6) is 0.187. The molecule has 1 aliphatic rings. The molecular weight excluding hydrogens is 182 g/mol. The van der Waals surface area contributed by atoms with Gasteiger partial charge >= 0.3 is 0 Å². The Kier molecular flexibility index (Phi) is 5.56. The molecule has 1 fully saturated rings. The molecule has 0 aromatic carbocycles. The highest BCUT2D eigenvalue weighted by molar-refractivity contribution is 5.77.